The number of esters is 3. The van der Waals surface area contributed by atoms with E-state index in [4.69, 9.17) is 28.4 Å². The van der Waals surface area contributed by atoms with Crippen LogP contribution in [0.1, 0.15) is 41.0 Å². The lowest BCUT2D eigenvalue weighted by Crippen LogP contribution is -2.80. The van der Waals surface area contributed by atoms with Gasteiger partial charge in [-0.3, -0.25) is 0 Å². The Morgan fingerprint density at radius 3 is 2.31 bits per heavy atom. The molecule has 1 spiro atoms. The highest BCUT2D eigenvalue weighted by Gasteiger charge is 2.85. The van der Waals surface area contributed by atoms with Crippen LogP contribution in [0.5, 0.6) is 0 Å². The number of aliphatic hydroxyl groups excluding tert-OH is 7. The van der Waals surface area contributed by atoms with Crippen molar-refractivity contribution < 1.29 is 83.7 Å². The van der Waals surface area contributed by atoms with Crippen molar-refractivity contribution in [3.05, 3.63) is 23.3 Å². The molecule has 3 aliphatic heterocycles. The third kappa shape index (κ3) is 5.26. The largest absolute Gasteiger partial charge is 0.467 e. The molecule has 0 aromatic carbocycles. The number of carbonyl (C=O) groups excluding carboxylic acids is 3. The summed E-state index contributed by atoms with van der Waals surface area (Å²) in [5.74, 6) is -6.60. The van der Waals surface area contributed by atoms with Crippen LogP contribution in [0.25, 0.3) is 0 Å². The first kappa shape index (κ1) is 38.2. The molecule has 17 heteroatoms. The molecule has 0 radical (unpaired) electrons. The molecule has 3 heterocycles. The van der Waals surface area contributed by atoms with Crippen molar-refractivity contribution >= 4 is 17.9 Å². The fourth-order valence-corrected chi connectivity index (χ4v) is 9.91. The normalized spacial score (nSPS) is 49.3. The van der Waals surface area contributed by atoms with Crippen LogP contribution in [0.2, 0.25) is 0 Å². The summed E-state index contributed by atoms with van der Waals surface area (Å²) in [6.07, 6.45) is -15.3. The number of hydrogen-bond acceptors (Lipinski definition) is 17. The smallest absolute Gasteiger partial charge is 0.348 e. The van der Waals surface area contributed by atoms with Gasteiger partial charge in [0.05, 0.1) is 44.1 Å². The standard InChI is InChI=1S/C34H48O17/c1-12-7-15(48-29-21(39)20(38)19(37)16(10-35)49-29)26(41)32(5)14(12)9-17-33-11-47-34(30(44)46-6,27(42)22(40)24(32)33)25(33)23(28(43)50-17)51-18(36)8-13(2)31(3,4)45/h7-8,14-17,19-27,29,35,37-42,45H,9-11H2,1-6H3/b13-8+/t14-,15-,16+,17+,19+,20-,21+,22+,23+,24+,25+,26+,27-,29+,32-,33+,34-/m0/s1. The van der Waals surface area contributed by atoms with Gasteiger partial charge in [0.25, 0.3) is 0 Å². The zero-order chi connectivity index (χ0) is 37.7. The van der Waals surface area contributed by atoms with Gasteiger partial charge in [0.1, 0.15) is 42.7 Å². The first-order valence-corrected chi connectivity index (χ1v) is 17.0. The van der Waals surface area contributed by atoms with Crippen LogP contribution in [0.15, 0.2) is 23.3 Å². The van der Waals surface area contributed by atoms with Crippen LogP contribution in [0.4, 0.5) is 0 Å². The number of hydrogen-bond donors (Lipinski definition) is 8. The summed E-state index contributed by atoms with van der Waals surface area (Å²) in [7, 11) is 1.03. The van der Waals surface area contributed by atoms with Gasteiger partial charge < -0.3 is 69.3 Å². The Hall–Kier alpha value is -2.55. The Balaban J connectivity index is 1.45. The molecule has 17 nitrogen and oxygen atoms in total. The third-order valence-electron chi connectivity index (χ3n) is 12.7. The molecule has 0 aromatic heterocycles. The van der Waals surface area contributed by atoms with E-state index in [1.807, 2.05) is 0 Å². The molecule has 17 atom stereocenters. The van der Waals surface area contributed by atoms with Gasteiger partial charge in [0, 0.05) is 22.8 Å². The van der Waals surface area contributed by atoms with Crippen LogP contribution in [-0.2, 0) is 42.8 Å². The molecule has 2 saturated carbocycles. The topological polar surface area (TPSA) is 268 Å². The second kappa shape index (κ2) is 12.8. The Bertz CT molecular complexity index is 1490. The predicted octanol–water partition coefficient (Wildman–Crippen LogP) is -3.03. The SMILES string of the molecule is COC(=O)[C@@]12OC[C@]34[C@H]([C@@H](O)[C@@H]1O)[C@@]1(C)[C@H](O)[C@@H](O[C@@H]5O[C@H](CO)[C@@H](O)[C@H](O)[C@H]5O)C=C(C)[C@@H]1C[C@H]3OC(=O)[C@H](OC(=O)/C=C(\C)C(C)(C)O)[C@@H]24. The van der Waals surface area contributed by atoms with E-state index < -0.39 is 138 Å². The number of fused-ring (bicyclic) bond motifs is 2. The average molecular weight is 729 g/mol. The molecular weight excluding hydrogens is 680 g/mol. The lowest BCUT2D eigenvalue weighted by Gasteiger charge is -2.68. The van der Waals surface area contributed by atoms with E-state index in [0.717, 1.165) is 13.2 Å². The molecular formula is C34H48O17. The minimum atomic E-state index is -2.41. The molecule has 51 heavy (non-hydrogen) atoms. The van der Waals surface area contributed by atoms with Gasteiger partial charge in [-0.25, -0.2) is 14.4 Å². The minimum absolute atomic E-state index is 0.0448. The fourth-order valence-electron chi connectivity index (χ4n) is 9.91. The summed E-state index contributed by atoms with van der Waals surface area (Å²) in [5, 5.41) is 87.6. The quantitative estimate of drug-likeness (QED) is 0.0561. The number of allylic oxidation sites excluding steroid dienone is 1. The van der Waals surface area contributed by atoms with Gasteiger partial charge in [-0.2, -0.15) is 0 Å². The van der Waals surface area contributed by atoms with Gasteiger partial charge >= 0.3 is 17.9 Å². The van der Waals surface area contributed by atoms with Crippen LogP contribution in [0, 0.1) is 28.6 Å². The minimum Gasteiger partial charge on any atom is -0.467 e. The monoisotopic (exact) mass is 728 g/mol. The molecule has 6 aliphatic rings. The van der Waals surface area contributed by atoms with Gasteiger partial charge in [0.15, 0.2) is 6.29 Å². The van der Waals surface area contributed by atoms with Crippen LogP contribution >= 0.6 is 0 Å². The summed E-state index contributed by atoms with van der Waals surface area (Å²) in [6.45, 7) is 6.59. The van der Waals surface area contributed by atoms with Crippen molar-refractivity contribution in [2.45, 2.75) is 120 Å². The first-order chi connectivity index (χ1) is 23.7. The van der Waals surface area contributed by atoms with Crippen LogP contribution in [0.3, 0.4) is 0 Å². The molecule has 2 bridgehead atoms. The second-order valence-corrected chi connectivity index (χ2v) is 15.6. The summed E-state index contributed by atoms with van der Waals surface area (Å²) < 4.78 is 34.4. The number of rotatable bonds is 7. The molecule has 0 amide bonds. The zero-order valence-corrected chi connectivity index (χ0v) is 29.1. The molecule has 0 aromatic rings. The first-order valence-electron chi connectivity index (χ1n) is 17.0. The number of methoxy groups -OCH3 is 1. The van der Waals surface area contributed by atoms with Crippen molar-refractivity contribution in [3.8, 4) is 0 Å². The summed E-state index contributed by atoms with van der Waals surface area (Å²) in [5.41, 5.74) is -6.09. The van der Waals surface area contributed by atoms with E-state index in [1.54, 1.807) is 19.9 Å². The molecule has 286 valence electrons. The van der Waals surface area contributed by atoms with Crippen molar-refractivity contribution in [3.63, 3.8) is 0 Å². The Morgan fingerprint density at radius 1 is 1.04 bits per heavy atom. The van der Waals surface area contributed by atoms with Gasteiger partial charge in [-0.15, -0.1) is 0 Å². The molecule has 6 rings (SSSR count). The van der Waals surface area contributed by atoms with Crippen molar-refractivity contribution in [1.29, 1.82) is 0 Å². The zero-order valence-electron chi connectivity index (χ0n) is 29.1. The van der Waals surface area contributed by atoms with Crippen molar-refractivity contribution in [2.75, 3.05) is 20.3 Å². The van der Waals surface area contributed by atoms with Gasteiger partial charge in [-0.1, -0.05) is 18.6 Å². The molecule has 0 unspecified atom stereocenters. The summed E-state index contributed by atoms with van der Waals surface area (Å²) >= 11 is 0. The highest BCUT2D eigenvalue weighted by atomic mass is 16.7. The highest BCUT2D eigenvalue weighted by molar-refractivity contribution is 5.89. The lowest BCUT2D eigenvalue weighted by molar-refractivity contribution is -0.330. The maximum Gasteiger partial charge on any atom is 0.348 e. The van der Waals surface area contributed by atoms with Crippen molar-refractivity contribution in [2.24, 2.45) is 28.6 Å². The van der Waals surface area contributed by atoms with Gasteiger partial charge in [0.2, 0.25) is 11.7 Å². The maximum atomic E-state index is 13.8. The molecule has 3 saturated heterocycles. The number of ether oxygens (including phenoxy) is 6. The number of aliphatic hydroxyl groups is 8. The second-order valence-electron chi connectivity index (χ2n) is 15.6. The van der Waals surface area contributed by atoms with Gasteiger partial charge in [-0.05, 0) is 45.6 Å². The Kier molecular flexibility index (Phi) is 9.58. The molecule has 8 N–H and O–H groups in total. The van der Waals surface area contributed by atoms with Crippen molar-refractivity contribution in [1.82, 2.24) is 0 Å². The highest BCUT2D eigenvalue weighted by Crippen LogP contribution is 2.73. The third-order valence-corrected chi connectivity index (χ3v) is 12.7. The number of carbonyl (C=O) groups is 3. The fraction of sp³-hybridized carbons (Fsp3) is 0.794. The molecule has 5 fully saturated rings. The van der Waals surface area contributed by atoms with E-state index >= 15 is 0 Å². The Labute approximate surface area is 293 Å². The van der Waals surface area contributed by atoms with E-state index in [1.165, 1.54) is 20.8 Å². The predicted molar refractivity (Wildman–Crippen MR) is 167 cm³/mol. The van der Waals surface area contributed by atoms with E-state index in [9.17, 15) is 55.2 Å². The maximum absolute atomic E-state index is 13.8. The summed E-state index contributed by atoms with van der Waals surface area (Å²) in [4.78, 5) is 40.8. The van der Waals surface area contributed by atoms with Crippen LogP contribution in [-0.4, -0.2) is 158 Å². The Morgan fingerprint density at radius 2 is 1.71 bits per heavy atom. The van der Waals surface area contributed by atoms with E-state index in [0.29, 0.717) is 5.57 Å². The van der Waals surface area contributed by atoms with Crippen LogP contribution < -0.4 is 0 Å². The van der Waals surface area contributed by atoms with E-state index in [-0.39, 0.29) is 12.0 Å². The molecule has 3 aliphatic carbocycles. The lowest BCUT2D eigenvalue weighted by atomic mass is 9.37. The average Bonchev–Trinajstić information content (AvgIpc) is 3.37. The summed E-state index contributed by atoms with van der Waals surface area (Å²) in [6, 6.07) is 0. The van der Waals surface area contributed by atoms with E-state index in [2.05, 4.69) is 0 Å².